The van der Waals surface area contributed by atoms with Gasteiger partial charge in [0.2, 0.25) is 0 Å². The highest BCUT2D eigenvalue weighted by Crippen LogP contribution is 2.36. The van der Waals surface area contributed by atoms with Gasteiger partial charge < -0.3 is 5.32 Å². The Morgan fingerprint density at radius 1 is 1.48 bits per heavy atom. The van der Waals surface area contributed by atoms with Crippen molar-refractivity contribution in [2.75, 3.05) is 18.4 Å². The van der Waals surface area contributed by atoms with Crippen LogP contribution in [0.5, 0.6) is 0 Å². The molecule has 1 aliphatic rings. The van der Waals surface area contributed by atoms with Crippen molar-refractivity contribution in [3.63, 3.8) is 0 Å². The van der Waals surface area contributed by atoms with E-state index in [1.165, 1.54) is 17.7 Å². The van der Waals surface area contributed by atoms with Crippen molar-refractivity contribution in [2.24, 2.45) is 13.0 Å². The van der Waals surface area contributed by atoms with Gasteiger partial charge in [-0.15, -0.1) is 16.4 Å². The monoisotopic (exact) mass is 333 g/mol. The molecule has 2 aromatic heterocycles. The Morgan fingerprint density at radius 3 is 3.00 bits per heavy atom. The molecule has 7 heteroatoms. The fraction of sp³-hybridized carbons (Fsp3) is 0.562. The molecule has 1 aliphatic heterocycles. The van der Waals surface area contributed by atoms with Crippen molar-refractivity contribution < 1.29 is 4.79 Å². The molecule has 1 atom stereocenters. The number of thiophene rings is 1. The first-order valence-electron chi connectivity index (χ1n) is 8.04. The van der Waals surface area contributed by atoms with E-state index in [-0.39, 0.29) is 5.91 Å². The summed E-state index contributed by atoms with van der Waals surface area (Å²) >= 11 is 1.59. The van der Waals surface area contributed by atoms with Gasteiger partial charge in [-0.2, -0.15) is 0 Å². The van der Waals surface area contributed by atoms with Crippen LogP contribution in [0.1, 0.15) is 47.3 Å². The lowest BCUT2D eigenvalue weighted by Gasteiger charge is -2.25. The summed E-state index contributed by atoms with van der Waals surface area (Å²) in [5.74, 6) is 1.03. The molecule has 0 radical (unpaired) electrons. The number of nitrogens with zero attached hydrogens (tertiary/aromatic N) is 4. The van der Waals surface area contributed by atoms with Gasteiger partial charge in [-0.1, -0.05) is 19.1 Å². The molecule has 3 rings (SSSR count). The summed E-state index contributed by atoms with van der Waals surface area (Å²) in [7, 11) is 1.77. The number of carbonyl (C=O) groups is 1. The van der Waals surface area contributed by atoms with Crippen LogP contribution >= 0.6 is 11.3 Å². The van der Waals surface area contributed by atoms with E-state index in [2.05, 4.69) is 40.4 Å². The van der Waals surface area contributed by atoms with E-state index in [4.69, 9.17) is 0 Å². The zero-order valence-corrected chi connectivity index (χ0v) is 14.6. The van der Waals surface area contributed by atoms with Crippen molar-refractivity contribution in [2.45, 2.75) is 32.7 Å². The molecule has 1 amide bonds. The number of hydrogen-bond acceptors (Lipinski definition) is 5. The summed E-state index contributed by atoms with van der Waals surface area (Å²) in [6.07, 6.45) is 4.10. The smallest absolute Gasteiger partial charge is 0.266 e. The number of hydrogen-bond donors (Lipinski definition) is 1. The van der Waals surface area contributed by atoms with E-state index in [0.29, 0.717) is 17.8 Å². The topological polar surface area (TPSA) is 63.1 Å². The average Bonchev–Trinajstić information content (AvgIpc) is 3.18. The number of rotatable bonds is 5. The van der Waals surface area contributed by atoms with Crippen LogP contribution < -0.4 is 5.32 Å². The summed E-state index contributed by atoms with van der Waals surface area (Å²) < 4.78 is 1.57. The van der Waals surface area contributed by atoms with Gasteiger partial charge in [0.05, 0.1) is 11.1 Å². The lowest BCUT2D eigenvalue weighted by molar-refractivity contribution is 0.103. The van der Waals surface area contributed by atoms with Gasteiger partial charge in [0.15, 0.2) is 5.82 Å². The number of amides is 1. The largest absolute Gasteiger partial charge is 0.303 e. The summed E-state index contributed by atoms with van der Waals surface area (Å²) in [5.41, 5.74) is 0. The minimum atomic E-state index is -0.116. The average molecular weight is 333 g/mol. The first kappa shape index (κ1) is 16.1. The first-order valence-corrected chi connectivity index (χ1v) is 8.86. The number of carbonyl (C=O) groups excluding carboxylic acids is 1. The number of likely N-dealkylation sites (tertiary alicyclic amines) is 1. The van der Waals surface area contributed by atoms with Crippen molar-refractivity contribution >= 4 is 23.1 Å². The summed E-state index contributed by atoms with van der Waals surface area (Å²) in [6, 6.07) is 4.47. The third-order valence-electron chi connectivity index (χ3n) is 3.99. The van der Waals surface area contributed by atoms with Gasteiger partial charge in [0.25, 0.3) is 5.91 Å². The van der Waals surface area contributed by atoms with Crippen molar-refractivity contribution in [3.8, 4) is 0 Å². The Balaban J connectivity index is 1.68. The van der Waals surface area contributed by atoms with Gasteiger partial charge in [0.1, 0.15) is 0 Å². The third kappa shape index (κ3) is 3.79. The van der Waals surface area contributed by atoms with Crippen LogP contribution in [0.15, 0.2) is 18.3 Å². The number of aromatic nitrogens is 3. The maximum absolute atomic E-state index is 12.3. The Kier molecular flexibility index (Phi) is 4.77. The molecule has 23 heavy (non-hydrogen) atoms. The van der Waals surface area contributed by atoms with E-state index in [1.807, 2.05) is 6.07 Å². The van der Waals surface area contributed by atoms with Crippen LogP contribution in [0.25, 0.3) is 0 Å². The van der Waals surface area contributed by atoms with Crippen LogP contribution in [0.4, 0.5) is 5.82 Å². The fourth-order valence-corrected chi connectivity index (χ4v) is 4.15. The Bertz CT molecular complexity index is 678. The highest BCUT2D eigenvalue weighted by molar-refractivity contribution is 7.14. The van der Waals surface area contributed by atoms with Gasteiger partial charge in [-0.05, 0) is 37.4 Å². The second-order valence-electron chi connectivity index (χ2n) is 6.48. The third-order valence-corrected chi connectivity index (χ3v) is 5.17. The molecule has 1 saturated heterocycles. The van der Waals surface area contributed by atoms with Crippen LogP contribution in [0.2, 0.25) is 0 Å². The lowest BCUT2D eigenvalue weighted by Crippen LogP contribution is -2.26. The van der Waals surface area contributed by atoms with E-state index in [0.717, 1.165) is 18.0 Å². The predicted molar refractivity (Wildman–Crippen MR) is 91.7 cm³/mol. The SMILES string of the molecule is CC(C)CN1CCCC1c1ccc(C(=O)Nc2cn(C)nn2)s1. The molecule has 1 fully saturated rings. The number of aryl methyl sites for hydroxylation is 1. The van der Waals surface area contributed by atoms with E-state index >= 15 is 0 Å². The molecular weight excluding hydrogens is 310 g/mol. The molecule has 3 heterocycles. The molecule has 0 saturated carbocycles. The van der Waals surface area contributed by atoms with Crippen LogP contribution in [-0.2, 0) is 7.05 Å². The van der Waals surface area contributed by atoms with Crippen LogP contribution in [-0.4, -0.2) is 38.9 Å². The number of nitrogens with one attached hydrogen (secondary N) is 1. The highest BCUT2D eigenvalue weighted by atomic mass is 32.1. The predicted octanol–water partition coefficient (Wildman–Crippen LogP) is 2.92. The van der Waals surface area contributed by atoms with Gasteiger partial charge in [-0.25, -0.2) is 0 Å². The quantitative estimate of drug-likeness (QED) is 0.914. The zero-order valence-electron chi connectivity index (χ0n) is 13.8. The lowest BCUT2D eigenvalue weighted by atomic mass is 10.1. The van der Waals surface area contributed by atoms with E-state index < -0.39 is 0 Å². The molecular formula is C16H23N5OS. The minimum Gasteiger partial charge on any atom is -0.303 e. The Labute approximate surface area is 140 Å². The van der Waals surface area contributed by atoms with Crippen molar-refractivity contribution in [3.05, 3.63) is 28.1 Å². The van der Waals surface area contributed by atoms with E-state index in [9.17, 15) is 4.79 Å². The zero-order chi connectivity index (χ0) is 16.4. The first-order chi connectivity index (χ1) is 11.0. The van der Waals surface area contributed by atoms with Crippen molar-refractivity contribution in [1.82, 2.24) is 19.9 Å². The molecule has 0 aromatic carbocycles. The molecule has 6 nitrogen and oxygen atoms in total. The van der Waals surface area contributed by atoms with E-state index in [1.54, 1.807) is 29.3 Å². The highest BCUT2D eigenvalue weighted by Gasteiger charge is 2.28. The maximum Gasteiger partial charge on any atom is 0.266 e. The Morgan fingerprint density at radius 2 is 2.30 bits per heavy atom. The molecule has 124 valence electrons. The normalized spacial score (nSPS) is 18.7. The molecule has 0 aliphatic carbocycles. The van der Waals surface area contributed by atoms with Gasteiger partial charge in [0, 0.05) is 24.5 Å². The molecule has 0 spiro atoms. The second kappa shape index (κ2) is 6.80. The molecule has 0 bridgehead atoms. The maximum atomic E-state index is 12.3. The van der Waals surface area contributed by atoms with Crippen LogP contribution in [0, 0.1) is 5.92 Å². The summed E-state index contributed by atoms with van der Waals surface area (Å²) in [6.45, 7) is 6.78. The standard InChI is InChI=1S/C16H23N5OS/c1-11(2)9-21-8-4-5-12(21)13-6-7-14(23-13)16(22)17-15-10-20(3)19-18-15/h6-7,10-12H,4-5,8-9H2,1-3H3,(H,17,22). The van der Waals surface area contributed by atoms with Crippen LogP contribution in [0.3, 0.4) is 0 Å². The summed E-state index contributed by atoms with van der Waals surface area (Å²) in [5, 5.41) is 10.5. The molecule has 2 aromatic rings. The number of anilines is 1. The molecule has 1 N–H and O–H groups in total. The minimum absolute atomic E-state index is 0.116. The molecule has 1 unspecified atom stereocenters. The second-order valence-corrected chi connectivity index (χ2v) is 7.60. The van der Waals surface area contributed by atoms with Crippen molar-refractivity contribution in [1.29, 1.82) is 0 Å². The fourth-order valence-electron chi connectivity index (χ4n) is 3.07. The Hall–Kier alpha value is -1.73. The van der Waals surface area contributed by atoms with Gasteiger partial charge in [-0.3, -0.25) is 14.4 Å². The summed E-state index contributed by atoms with van der Waals surface area (Å²) in [4.78, 5) is 16.9. The van der Waals surface area contributed by atoms with Gasteiger partial charge >= 0.3 is 0 Å².